The molecule has 0 saturated heterocycles. The van der Waals surface area contributed by atoms with Crippen LogP contribution in [0.5, 0.6) is 0 Å². The van der Waals surface area contributed by atoms with E-state index in [0.29, 0.717) is 12.1 Å². The molecule has 0 N–H and O–H groups in total. The lowest BCUT2D eigenvalue weighted by molar-refractivity contribution is 0.349. The van der Waals surface area contributed by atoms with Crippen LogP contribution >= 0.6 is 71.5 Å². The summed E-state index contributed by atoms with van der Waals surface area (Å²) in [5, 5.41) is 15.6. The summed E-state index contributed by atoms with van der Waals surface area (Å²) < 4.78 is 13.7. The van der Waals surface area contributed by atoms with Crippen molar-refractivity contribution in [1.29, 1.82) is 0 Å². The predicted octanol–water partition coefficient (Wildman–Crippen LogP) is 13.8. The van der Waals surface area contributed by atoms with Crippen LogP contribution in [0.1, 0.15) is 76.3 Å². The number of aromatic nitrogens is 2. The standard InChI is InChI=1S/C36H26N2S6/c39-33-17-11-21-27-29-23(43-21)13-19-26-20(36(42)38(35(19)41)16-9-5-2-6-10-16)14-24-30(32(26)29)28-22(44-24)12-18(25(17)31(27)28)34(40)37(33)15-7-3-1-4-8-15/h11-16H,1-10H2. The number of nitrogens with zero attached hydrogens (tertiary/aromatic N) is 2. The Morgan fingerprint density at radius 3 is 1.00 bits per heavy atom. The minimum atomic E-state index is 0.402. The molecule has 44 heavy (non-hydrogen) atoms. The molecule has 0 aliphatic heterocycles. The van der Waals surface area contributed by atoms with Gasteiger partial charge in [0.05, 0.1) is 0 Å². The molecule has 2 nitrogen and oxygen atoms in total. The fourth-order valence-corrected chi connectivity index (χ4v) is 13.6. The Balaban J connectivity index is 1.39. The third kappa shape index (κ3) is 2.98. The van der Waals surface area contributed by atoms with Crippen molar-refractivity contribution in [2.24, 2.45) is 0 Å². The second kappa shape index (κ2) is 8.78. The van der Waals surface area contributed by atoms with E-state index in [1.54, 1.807) is 0 Å². The summed E-state index contributed by atoms with van der Waals surface area (Å²) in [5.74, 6) is 0. The zero-order valence-electron chi connectivity index (χ0n) is 23.9. The molecule has 5 aromatic carbocycles. The van der Waals surface area contributed by atoms with Crippen molar-refractivity contribution >= 4 is 155 Å². The van der Waals surface area contributed by atoms with Crippen molar-refractivity contribution < 1.29 is 0 Å². The highest BCUT2D eigenvalue weighted by Crippen LogP contribution is 2.57. The van der Waals surface area contributed by atoms with Crippen LogP contribution in [0.25, 0.3) is 83.4 Å². The van der Waals surface area contributed by atoms with Gasteiger partial charge in [0.2, 0.25) is 0 Å². The first-order valence-electron chi connectivity index (χ1n) is 16.0. The molecule has 2 saturated carbocycles. The van der Waals surface area contributed by atoms with Crippen LogP contribution in [-0.4, -0.2) is 9.13 Å². The zero-order chi connectivity index (χ0) is 29.2. The first kappa shape index (κ1) is 25.9. The lowest BCUT2D eigenvalue weighted by Crippen LogP contribution is -2.15. The van der Waals surface area contributed by atoms with Crippen LogP contribution in [0.4, 0.5) is 0 Å². The van der Waals surface area contributed by atoms with E-state index in [0.717, 1.165) is 18.6 Å². The number of hydrogen-bond donors (Lipinski definition) is 0. The van der Waals surface area contributed by atoms with Crippen molar-refractivity contribution in [3.63, 3.8) is 0 Å². The van der Waals surface area contributed by atoms with Crippen molar-refractivity contribution in [2.45, 2.75) is 76.3 Å². The van der Waals surface area contributed by atoms with Gasteiger partial charge in [-0.05, 0) is 49.9 Å². The Labute approximate surface area is 281 Å². The Hall–Kier alpha value is -2.20. The first-order chi connectivity index (χ1) is 21.5. The van der Waals surface area contributed by atoms with Crippen molar-refractivity contribution in [2.75, 3.05) is 0 Å². The normalized spacial score (nSPS) is 18.2. The molecular formula is C36H26N2S6. The lowest BCUT2D eigenvalue weighted by Gasteiger charge is -2.27. The van der Waals surface area contributed by atoms with Crippen molar-refractivity contribution in [3.8, 4) is 0 Å². The van der Waals surface area contributed by atoms with Crippen molar-refractivity contribution in [1.82, 2.24) is 9.13 Å². The smallest absolute Gasteiger partial charge is 0.115 e. The molecule has 0 radical (unpaired) electrons. The average molecular weight is 679 g/mol. The monoisotopic (exact) mass is 678 g/mol. The second-order valence-electron chi connectivity index (χ2n) is 13.4. The molecule has 2 aliphatic carbocycles. The second-order valence-corrected chi connectivity index (χ2v) is 17.2. The quantitative estimate of drug-likeness (QED) is 0.102. The van der Waals surface area contributed by atoms with Crippen LogP contribution in [0.15, 0.2) is 24.3 Å². The number of thiophene rings is 2. The van der Waals surface area contributed by atoms with E-state index in [4.69, 9.17) is 48.9 Å². The average Bonchev–Trinajstić information content (AvgIpc) is 3.61. The molecule has 9 aromatic rings. The van der Waals surface area contributed by atoms with Gasteiger partial charge in [0.1, 0.15) is 18.6 Å². The minimum absolute atomic E-state index is 0.402. The maximum Gasteiger partial charge on any atom is 0.115 e. The van der Waals surface area contributed by atoms with Gasteiger partial charge in [0, 0.05) is 95.5 Å². The maximum absolute atomic E-state index is 6.35. The van der Waals surface area contributed by atoms with Crippen LogP contribution in [-0.2, 0) is 0 Å². The van der Waals surface area contributed by atoms with Gasteiger partial charge >= 0.3 is 0 Å². The minimum Gasteiger partial charge on any atom is -0.320 e. The summed E-state index contributed by atoms with van der Waals surface area (Å²) >= 11 is 29.2. The summed E-state index contributed by atoms with van der Waals surface area (Å²) in [6.07, 6.45) is 12.3. The van der Waals surface area contributed by atoms with Gasteiger partial charge in [-0.3, -0.25) is 0 Å². The maximum atomic E-state index is 6.35. The van der Waals surface area contributed by atoms with Crippen molar-refractivity contribution in [3.05, 3.63) is 42.8 Å². The zero-order valence-corrected chi connectivity index (χ0v) is 28.8. The predicted molar refractivity (Wildman–Crippen MR) is 202 cm³/mol. The highest BCUT2D eigenvalue weighted by atomic mass is 32.1. The van der Waals surface area contributed by atoms with E-state index < -0.39 is 0 Å². The van der Waals surface area contributed by atoms with Gasteiger partial charge in [-0.15, -0.1) is 22.7 Å². The number of benzene rings is 5. The van der Waals surface area contributed by atoms with Crippen LogP contribution in [0, 0.1) is 18.6 Å². The lowest BCUT2D eigenvalue weighted by atomic mass is 9.86. The number of pyridine rings is 2. The van der Waals surface area contributed by atoms with E-state index in [1.165, 1.54) is 148 Å². The summed E-state index contributed by atoms with van der Waals surface area (Å²) in [4.78, 5) is 0. The number of hydrogen-bond acceptors (Lipinski definition) is 6. The third-order valence-corrected chi connectivity index (χ3v) is 15.1. The molecule has 0 bridgehead atoms. The van der Waals surface area contributed by atoms with E-state index >= 15 is 0 Å². The van der Waals surface area contributed by atoms with Gasteiger partial charge < -0.3 is 9.13 Å². The topological polar surface area (TPSA) is 9.86 Å². The molecule has 0 atom stereocenters. The van der Waals surface area contributed by atoms with E-state index in [1.807, 2.05) is 22.7 Å². The largest absolute Gasteiger partial charge is 0.320 e. The van der Waals surface area contributed by atoms with Gasteiger partial charge in [-0.2, -0.15) is 0 Å². The van der Waals surface area contributed by atoms with Gasteiger partial charge in [0.25, 0.3) is 0 Å². The fourth-order valence-electron chi connectivity index (χ4n) is 9.45. The molecule has 8 heteroatoms. The Morgan fingerprint density at radius 1 is 0.409 bits per heavy atom. The molecule has 0 spiro atoms. The Morgan fingerprint density at radius 2 is 0.705 bits per heavy atom. The van der Waals surface area contributed by atoms with E-state index in [9.17, 15) is 0 Å². The fraction of sp³-hybridized carbons (Fsp3) is 0.333. The van der Waals surface area contributed by atoms with Crippen LogP contribution in [0.3, 0.4) is 0 Å². The SMILES string of the molecule is S=c1c2cc3sc4cc5c(=S)n(C6CCCCC6)c(=S)c6cc7sc8cc(c(=S)n1C1CCCCC1)c2c1c3c4c(c56)c7c81. The Kier molecular flexibility index (Phi) is 5.17. The summed E-state index contributed by atoms with van der Waals surface area (Å²) in [6, 6.07) is 10.4. The molecule has 2 aliphatic rings. The molecule has 216 valence electrons. The van der Waals surface area contributed by atoms with Gasteiger partial charge in [-0.1, -0.05) is 87.4 Å². The Bertz CT molecular complexity index is 2510. The van der Waals surface area contributed by atoms with Gasteiger partial charge in [-0.25, -0.2) is 0 Å². The molecule has 11 rings (SSSR count). The summed E-state index contributed by atoms with van der Waals surface area (Å²) in [5.41, 5.74) is 0. The van der Waals surface area contributed by atoms with Gasteiger partial charge in [0.15, 0.2) is 0 Å². The molecule has 0 amide bonds. The number of rotatable bonds is 2. The highest BCUT2D eigenvalue weighted by Gasteiger charge is 2.30. The summed E-state index contributed by atoms with van der Waals surface area (Å²) in [6.45, 7) is 0. The van der Waals surface area contributed by atoms with E-state index in [-0.39, 0.29) is 0 Å². The molecule has 2 fully saturated rings. The van der Waals surface area contributed by atoms with Crippen LogP contribution in [0.2, 0.25) is 0 Å². The molecule has 0 unspecified atom stereocenters. The first-order valence-corrected chi connectivity index (χ1v) is 19.3. The van der Waals surface area contributed by atoms with Crippen LogP contribution < -0.4 is 0 Å². The van der Waals surface area contributed by atoms with E-state index in [2.05, 4.69) is 33.4 Å². The molecule has 4 aromatic heterocycles. The molecular weight excluding hydrogens is 653 g/mol. The summed E-state index contributed by atoms with van der Waals surface area (Å²) in [7, 11) is 0. The molecule has 4 heterocycles. The highest BCUT2D eigenvalue weighted by molar-refractivity contribution is 7.72. The third-order valence-electron chi connectivity index (χ3n) is 11.3.